The van der Waals surface area contributed by atoms with Gasteiger partial charge in [-0.1, -0.05) is 23.7 Å². The van der Waals surface area contributed by atoms with Crippen molar-refractivity contribution in [1.29, 1.82) is 0 Å². The number of fused-ring (bicyclic) bond motifs is 2. The summed E-state index contributed by atoms with van der Waals surface area (Å²) >= 11 is 5.94. The number of carbonyl (C=O) groups is 3. The topological polar surface area (TPSA) is 142 Å². The Labute approximate surface area is 185 Å². The quantitative estimate of drug-likeness (QED) is 0.417. The van der Waals surface area contributed by atoms with Crippen LogP contribution in [-0.2, 0) is 16.1 Å². The molecule has 32 heavy (non-hydrogen) atoms. The smallest absolute Gasteiger partial charge is 0.316 e. The predicted molar refractivity (Wildman–Crippen MR) is 118 cm³/mol. The molecular formula is C21H18ClN5O5. The van der Waals surface area contributed by atoms with Crippen LogP contribution in [0.1, 0.15) is 16.8 Å². The third kappa shape index (κ3) is 4.26. The summed E-state index contributed by atoms with van der Waals surface area (Å²) in [6.45, 7) is 0.0592. The summed E-state index contributed by atoms with van der Waals surface area (Å²) in [4.78, 5) is 63.8. The molecule has 164 valence electrons. The zero-order valence-corrected chi connectivity index (χ0v) is 17.4. The molecule has 1 aromatic heterocycles. The number of para-hydroxylation sites is 1. The fourth-order valence-electron chi connectivity index (χ4n) is 3.49. The molecule has 4 N–H and O–H groups in total. The summed E-state index contributed by atoms with van der Waals surface area (Å²) < 4.78 is 1.24. The van der Waals surface area contributed by atoms with Crippen molar-refractivity contribution in [1.82, 2.24) is 20.2 Å². The van der Waals surface area contributed by atoms with E-state index in [1.165, 1.54) is 10.6 Å². The Morgan fingerprint density at radius 2 is 1.88 bits per heavy atom. The number of nitrogens with zero attached hydrogens (tertiary/aromatic N) is 1. The van der Waals surface area contributed by atoms with Gasteiger partial charge in [0.2, 0.25) is 11.8 Å². The Bertz CT molecular complexity index is 1360. The molecular weight excluding hydrogens is 438 g/mol. The summed E-state index contributed by atoms with van der Waals surface area (Å²) in [5, 5.41) is 8.19. The number of amides is 3. The molecule has 10 nitrogen and oxygen atoms in total. The van der Waals surface area contributed by atoms with E-state index in [9.17, 15) is 24.0 Å². The van der Waals surface area contributed by atoms with Gasteiger partial charge >= 0.3 is 11.1 Å². The summed E-state index contributed by atoms with van der Waals surface area (Å²) in [6, 6.07) is 10.2. The lowest BCUT2D eigenvalue weighted by atomic mass is 10.1. The number of anilines is 1. The standard InChI is InChI=1S/C21H18ClN5O5/c22-11-5-6-16-14(9-11)25-20(31)21(32)27(16)8-7-23-17(28)10-15-19(30)24-13-4-2-1-3-12(13)18(29)26-15/h1-6,9,15H,7-8,10H2,(H,23,28)(H,24,30)(H,25,31)(H,26,29)/t15-/m1/s1. The van der Waals surface area contributed by atoms with E-state index in [4.69, 9.17) is 11.6 Å². The van der Waals surface area contributed by atoms with Crippen LogP contribution in [0.2, 0.25) is 5.02 Å². The second-order valence-electron chi connectivity index (χ2n) is 7.19. The highest BCUT2D eigenvalue weighted by Gasteiger charge is 2.29. The molecule has 0 aliphatic carbocycles. The molecule has 1 aliphatic rings. The summed E-state index contributed by atoms with van der Waals surface area (Å²) in [6.07, 6.45) is -0.286. The summed E-state index contributed by atoms with van der Waals surface area (Å²) in [7, 11) is 0. The number of H-pyrrole nitrogens is 1. The molecule has 4 rings (SSSR count). The zero-order valence-electron chi connectivity index (χ0n) is 16.6. The van der Waals surface area contributed by atoms with Gasteiger partial charge < -0.3 is 25.5 Å². The molecule has 0 spiro atoms. The first-order chi connectivity index (χ1) is 15.3. The van der Waals surface area contributed by atoms with Crippen LogP contribution in [0.5, 0.6) is 0 Å². The van der Waals surface area contributed by atoms with Gasteiger partial charge in [-0.3, -0.25) is 24.0 Å². The minimum absolute atomic E-state index is 0.0291. The number of hydrogen-bond donors (Lipinski definition) is 4. The van der Waals surface area contributed by atoms with Crippen molar-refractivity contribution in [2.24, 2.45) is 0 Å². The van der Waals surface area contributed by atoms with Gasteiger partial charge in [-0.2, -0.15) is 0 Å². The van der Waals surface area contributed by atoms with Gasteiger partial charge in [0.15, 0.2) is 0 Å². The lowest BCUT2D eigenvalue weighted by molar-refractivity contribution is -0.125. The van der Waals surface area contributed by atoms with Crippen molar-refractivity contribution in [3.8, 4) is 0 Å². The molecule has 2 heterocycles. The van der Waals surface area contributed by atoms with Crippen LogP contribution in [0.15, 0.2) is 52.1 Å². The van der Waals surface area contributed by atoms with Gasteiger partial charge in [-0.15, -0.1) is 0 Å². The average Bonchev–Trinajstić information content (AvgIpc) is 2.87. The summed E-state index contributed by atoms with van der Waals surface area (Å²) in [5.41, 5.74) is -0.0269. The number of benzene rings is 2. The van der Waals surface area contributed by atoms with E-state index in [1.54, 1.807) is 36.4 Å². The second-order valence-corrected chi connectivity index (χ2v) is 7.62. The van der Waals surface area contributed by atoms with E-state index in [2.05, 4.69) is 20.9 Å². The van der Waals surface area contributed by atoms with Crippen LogP contribution in [-0.4, -0.2) is 39.9 Å². The molecule has 1 atom stereocenters. The van der Waals surface area contributed by atoms with E-state index < -0.39 is 34.9 Å². The molecule has 3 amide bonds. The molecule has 2 aromatic carbocycles. The normalized spacial score (nSPS) is 15.5. The van der Waals surface area contributed by atoms with E-state index in [-0.39, 0.29) is 19.5 Å². The Morgan fingerprint density at radius 3 is 2.69 bits per heavy atom. The largest absolute Gasteiger partial charge is 0.354 e. The molecule has 0 fully saturated rings. The number of nitrogens with one attached hydrogen (secondary N) is 4. The minimum Gasteiger partial charge on any atom is -0.354 e. The van der Waals surface area contributed by atoms with Crippen molar-refractivity contribution in [2.75, 3.05) is 11.9 Å². The fourth-order valence-corrected chi connectivity index (χ4v) is 3.67. The average molecular weight is 456 g/mol. The highest BCUT2D eigenvalue weighted by molar-refractivity contribution is 6.31. The van der Waals surface area contributed by atoms with Gasteiger partial charge in [-0.05, 0) is 30.3 Å². The summed E-state index contributed by atoms with van der Waals surface area (Å²) in [5.74, 6) is -1.47. The van der Waals surface area contributed by atoms with Gasteiger partial charge in [-0.25, -0.2) is 0 Å². The van der Waals surface area contributed by atoms with Gasteiger partial charge in [0.05, 0.1) is 28.7 Å². The number of aromatic amines is 1. The number of aromatic nitrogens is 2. The van der Waals surface area contributed by atoms with Crippen LogP contribution < -0.4 is 27.1 Å². The van der Waals surface area contributed by atoms with Crippen LogP contribution in [0.25, 0.3) is 11.0 Å². The van der Waals surface area contributed by atoms with Crippen molar-refractivity contribution >= 4 is 46.0 Å². The van der Waals surface area contributed by atoms with Gasteiger partial charge in [0.1, 0.15) is 6.04 Å². The monoisotopic (exact) mass is 455 g/mol. The van der Waals surface area contributed by atoms with Crippen molar-refractivity contribution < 1.29 is 14.4 Å². The van der Waals surface area contributed by atoms with E-state index in [0.29, 0.717) is 27.3 Å². The molecule has 0 saturated carbocycles. The Hall–Kier alpha value is -3.92. The molecule has 1 aliphatic heterocycles. The first-order valence-electron chi connectivity index (χ1n) is 9.73. The number of carbonyl (C=O) groups excluding carboxylic acids is 3. The molecule has 0 bridgehead atoms. The van der Waals surface area contributed by atoms with Crippen LogP contribution in [0, 0.1) is 0 Å². The Balaban J connectivity index is 1.42. The lowest BCUT2D eigenvalue weighted by Crippen LogP contribution is -2.45. The fraction of sp³-hybridized carbons (Fsp3) is 0.190. The van der Waals surface area contributed by atoms with Gasteiger partial charge in [0.25, 0.3) is 5.91 Å². The first-order valence-corrected chi connectivity index (χ1v) is 10.1. The number of hydrogen-bond acceptors (Lipinski definition) is 5. The predicted octanol–water partition coefficient (Wildman–Crippen LogP) is 0.600. The molecule has 0 radical (unpaired) electrons. The Kier molecular flexibility index (Phi) is 5.78. The van der Waals surface area contributed by atoms with E-state index in [1.807, 2.05) is 0 Å². The minimum atomic E-state index is -1.06. The first kappa shape index (κ1) is 21.3. The van der Waals surface area contributed by atoms with Crippen molar-refractivity contribution in [3.05, 3.63) is 73.8 Å². The maximum absolute atomic E-state index is 12.4. The van der Waals surface area contributed by atoms with Crippen molar-refractivity contribution in [3.63, 3.8) is 0 Å². The maximum atomic E-state index is 12.4. The number of halogens is 1. The SMILES string of the molecule is O=C(C[C@H]1NC(=O)c2ccccc2NC1=O)NCCn1c(=O)c(=O)[nH]c2cc(Cl)ccc21. The third-order valence-corrected chi connectivity index (χ3v) is 5.27. The van der Waals surface area contributed by atoms with E-state index in [0.717, 1.165) is 0 Å². The van der Waals surface area contributed by atoms with Crippen LogP contribution in [0.4, 0.5) is 5.69 Å². The zero-order chi connectivity index (χ0) is 22.8. The molecule has 0 unspecified atom stereocenters. The second kappa shape index (κ2) is 8.67. The van der Waals surface area contributed by atoms with E-state index >= 15 is 0 Å². The van der Waals surface area contributed by atoms with Crippen molar-refractivity contribution in [2.45, 2.75) is 19.0 Å². The highest BCUT2D eigenvalue weighted by atomic mass is 35.5. The lowest BCUT2D eigenvalue weighted by Gasteiger charge is -2.15. The highest BCUT2D eigenvalue weighted by Crippen LogP contribution is 2.19. The third-order valence-electron chi connectivity index (χ3n) is 5.04. The molecule has 11 heteroatoms. The Morgan fingerprint density at radius 1 is 1.09 bits per heavy atom. The molecule has 0 saturated heterocycles. The number of rotatable bonds is 5. The van der Waals surface area contributed by atoms with Crippen LogP contribution >= 0.6 is 11.6 Å². The van der Waals surface area contributed by atoms with Gasteiger partial charge in [0, 0.05) is 18.1 Å². The van der Waals surface area contributed by atoms with Crippen LogP contribution in [0.3, 0.4) is 0 Å². The maximum Gasteiger partial charge on any atom is 0.316 e. The molecule has 3 aromatic rings.